The van der Waals surface area contributed by atoms with Gasteiger partial charge in [-0.25, -0.2) is 0 Å². The molecule has 3 aromatic rings. The number of anilines is 1. The molecule has 0 fully saturated rings. The van der Waals surface area contributed by atoms with E-state index in [1.54, 1.807) is 30.0 Å². The topological polar surface area (TPSA) is 103 Å². The molecule has 0 aliphatic carbocycles. The summed E-state index contributed by atoms with van der Waals surface area (Å²) in [5.74, 6) is 1.62. The number of hydrogen-bond donors (Lipinski definition) is 1. The molecule has 0 aliphatic heterocycles. The van der Waals surface area contributed by atoms with Crippen molar-refractivity contribution < 1.29 is 9.72 Å². The summed E-state index contributed by atoms with van der Waals surface area (Å²) in [6.07, 6.45) is 1.72. The van der Waals surface area contributed by atoms with Gasteiger partial charge in [-0.05, 0) is 23.8 Å². The number of amides is 1. The van der Waals surface area contributed by atoms with Crippen molar-refractivity contribution in [3.8, 4) is 0 Å². The van der Waals surface area contributed by atoms with Gasteiger partial charge < -0.3 is 9.88 Å². The second kappa shape index (κ2) is 12.5. The first-order valence-electron chi connectivity index (χ1n) is 9.69. The molecule has 34 heavy (non-hydrogen) atoms. The van der Waals surface area contributed by atoms with Crippen molar-refractivity contribution in [2.45, 2.75) is 23.2 Å². The van der Waals surface area contributed by atoms with E-state index in [1.165, 1.54) is 30.0 Å². The SMILES string of the molecule is C=CCn1c(CSCc2ccc(Cl)cc2Cl)nnc1SCC(=O)Nc1cc([N+](=O)[O-])ccc1Cl. The van der Waals surface area contributed by atoms with E-state index in [2.05, 4.69) is 22.1 Å². The van der Waals surface area contributed by atoms with Crippen molar-refractivity contribution in [1.29, 1.82) is 0 Å². The molecule has 178 valence electrons. The van der Waals surface area contributed by atoms with E-state index in [9.17, 15) is 14.9 Å². The van der Waals surface area contributed by atoms with E-state index in [4.69, 9.17) is 34.8 Å². The Hall–Kier alpha value is -2.24. The second-order valence-electron chi connectivity index (χ2n) is 6.78. The molecule has 13 heteroatoms. The smallest absolute Gasteiger partial charge is 0.271 e. The van der Waals surface area contributed by atoms with Gasteiger partial charge in [0.05, 0.1) is 27.1 Å². The number of carbonyl (C=O) groups is 1. The lowest BCUT2D eigenvalue weighted by Gasteiger charge is -2.09. The van der Waals surface area contributed by atoms with Crippen molar-refractivity contribution >= 4 is 75.6 Å². The van der Waals surface area contributed by atoms with Crippen molar-refractivity contribution in [2.75, 3.05) is 11.1 Å². The highest BCUT2D eigenvalue weighted by atomic mass is 35.5. The summed E-state index contributed by atoms with van der Waals surface area (Å²) in [5, 5.41) is 24.0. The molecule has 1 heterocycles. The monoisotopic (exact) mass is 557 g/mol. The number of carbonyl (C=O) groups excluding carboxylic acids is 1. The molecule has 0 bridgehead atoms. The number of nitro benzene ring substituents is 1. The Labute approximate surface area is 219 Å². The number of nitro groups is 1. The second-order valence-corrected chi connectivity index (χ2v) is 9.96. The minimum absolute atomic E-state index is 0.0157. The molecule has 0 unspecified atom stereocenters. The van der Waals surface area contributed by atoms with Gasteiger partial charge in [0.2, 0.25) is 5.91 Å². The molecule has 0 saturated heterocycles. The number of nitrogens with zero attached hydrogens (tertiary/aromatic N) is 4. The summed E-state index contributed by atoms with van der Waals surface area (Å²) in [7, 11) is 0. The highest BCUT2D eigenvalue weighted by Gasteiger charge is 2.16. The normalized spacial score (nSPS) is 10.8. The van der Waals surface area contributed by atoms with Gasteiger partial charge in [0.25, 0.3) is 5.69 Å². The van der Waals surface area contributed by atoms with Crippen LogP contribution < -0.4 is 5.32 Å². The van der Waals surface area contributed by atoms with E-state index in [-0.39, 0.29) is 28.1 Å². The maximum Gasteiger partial charge on any atom is 0.271 e. The molecular formula is C21H18Cl3N5O3S2. The highest BCUT2D eigenvalue weighted by molar-refractivity contribution is 7.99. The van der Waals surface area contributed by atoms with Crippen LogP contribution >= 0.6 is 58.3 Å². The molecule has 2 aromatic carbocycles. The summed E-state index contributed by atoms with van der Waals surface area (Å²) < 4.78 is 1.88. The standard InChI is InChI=1S/C21H18Cl3N5O3S2/c1-2-7-28-19(11-33-10-13-3-4-14(22)8-17(13)24)26-27-21(28)34-12-20(30)25-18-9-15(29(31)32)5-6-16(18)23/h2-6,8-9H,1,7,10-12H2,(H,25,30). The molecule has 1 amide bonds. The summed E-state index contributed by atoms with van der Waals surface area (Å²) in [6.45, 7) is 4.25. The largest absolute Gasteiger partial charge is 0.324 e. The Bertz CT molecular complexity index is 1220. The Morgan fingerprint density at radius 1 is 1.15 bits per heavy atom. The molecule has 1 aromatic heterocycles. The van der Waals surface area contributed by atoms with E-state index in [0.717, 1.165) is 11.4 Å². The predicted octanol–water partition coefficient (Wildman–Crippen LogP) is 6.50. The number of rotatable bonds is 11. The zero-order valence-electron chi connectivity index (χ0n) is 17.5. The number of non-ortho nitro benzene ring substituents is 1. The number of thioether (sulfide) groups is 2. The zero-order valence-corrected chi connectivity index (χ0v) is 21.4. The number of nitrogens with one attached hydrogen (secondary N) is 1. The Morgan fingerprint density at radius 2 is 1.94 bits per heavy atom. The molecule has 0 spiro atoms. The molecule has 0 aliphatic rings. The quantitative estimate of drug-likeness (QED) is 0.124. The maximum atomic E-state index is 12.4. The van der Waals surface area contributed by atoms with Crippen LogP contribution in [0, 0.1) is 10.1 Å². The van der Waals surface area contributed by atoms with Gasteiger partial charge in [0.1, 0.15) is 5.82 Å². The summed E-state index contributed by atoms with van der Waals surface area (Å²) in [5.41, 5.74) is 0.976. The number of benzene rings is 2. The minimum Gasteiger partial charge on any atom is -0.324 e. The van der Waals surface area contributed by atoms with Crippen LogP contribution in [0.5, 0.6) is 0 Å². The third kappa shape index (κ3) is 7.13. The van der Waals surface area contributed by atoms with Crippen LogP contribution in [0.25, 0.3) is 0 Å². The fourth-order valence-electron chi connectivity index (χ4n) is 2.78. The van der Waals surface area contributed by atoms with Crippen LogP contribution in [-0.4, -0.2) is 31.3 Å². The van der Waals surface area contributed by atoms with Gasteiger partial charge in [-0.3, -0.25) is 14.9 Å². The third-order valence-electron chi connectivity index (χ3n) is 4.38. The van der Waals surface area contributed by atoms with Gasteiger partial charge in [-0.1, -0.05) is 58.7 Å². The first-order valence-corrected chi connectivity index (χ1v) is 13.0. The molecule has 8 nitrogen and oxygen atoms in total. The zero-order chi connectivity index (χ0) is 24.7. The van der Waals surface area contributed by atoms with Gasteiger partial charge in [-0.15, -0.1) is 28.5 Å². The average molecular weight is 559 g/mol. The molecule has 3 rings (SSSR count). The van der Waals surface area contributed by atoms with Crippen molar-refractivity contribution in [2.24, 2.45) is 0 Å². The summed E-state index contributed by atoms with van der Waals surface area (Å²) >= 11 is 21.0. The van der Waals surface area contributed by atoms with Gasteiger partial charge in [-0.2, -0.15) is 0 Å². The van der Waals surface area contributed by atoms with Crippen LogP contribution in [-0.2, 0) is 22.8 Å². The Morgan fingerprint density at radius 3 is 2.65 bits per heavy atom. The van der Waals surface area contributed by atoms with Crippen molar-refractivity contribution in [3.05, 3.63) is 85.6 Å². The lowest BCUT2D eigenvalue weighted by Crippen LogP contribution is -2.15. The lowest BCUT2D eigenvalue weighted by atomic mass is 10.2. The summed E-state index contributed by atoms with van der Waals surface area (Å²) in [4.78, 5) is 22.8. The van der Waals surface area contributed by atoms with Gasteiger partial charge in [0, 0.05) is 34.5 Å². The fraction of sp³-hybridized carbons (Fsp3) is 0.190. The molecular weight excluding hydrogens is 541 g/mol. The predicted molar refractivity (Wildman–Crippen MR) is 139 cm³/mol. The first kappa shape index (κ1) is 26.4. The fourth-order valence-corrected chi connectivity index (χ4v) is 5.23. The average Bonchev–Trinajstić information content (AvgIpc) is 3.17. The molecule has 0 saturated carbocycles. The molecule has 1 N–H and O–H groups in total. The van der Waals surface area contributed by atoms with Gasteiger partial charge >= 0.3 is 0 Å². The van der Waals surface area contributed by atoms with Crippen molar-refractivity contribution in [1.82, 2.24) is 14.8 Å². The number of hydrogen-bond acceptors (Lipinski definition) is 7. The minimum atomic E-state index is -0.557. The summed E-state index contributed by atoms with van der Waals surface area (Å²) in [6, 6.07) is 9.24. The highest BCUT2D eigenvalue weighted by Crippen LogP contribution is 2.29. The Balaban J connectivity index is 1.60. The van der Waals surface area contributed by atoms with E-state index in [0.29, 0.717) is 33.3 Å². The third-order valence-corrected chi connectivity index (χ3v) is 7.24. The van der Waals surface area contributed by atoms with Gasteiger partial charge in [0.15, 0.2) is 5.16 Å². The van der Waals surface area contributed by atoms with E-state index in [1.807, 2.05) is 10.6 Å². The van der Waals surface area contributed by atoms with E-state index < -0.39 is 4.92 Å². The van der Waals surface area contributed by atoms with Crippen LogP contribution in [0.1, 0.15) is 11.4 Å². The van der Waals surface area contributed by atoms with Crippen molar-refractivity contribution in [3.63, 3.8) is 0 Å². The van der Waals surface area contributed by atoms with E-state index >= 15 is 0 Å². The number of halogens is 3. The maximum absolute atomic E-state index is 12.4. The van der Waals surface area contributed by atoms with Crippen LogP contribution in [0.3, 0.4) is 0 Å². The number of allylic oxidation sites excluding steroid dienone is 1. The van der Waals surface area contributed by atoms with Crippen LogP contribution in [0.4, 0.5) is 11.4 Å². The number of aromatic nitrogens is 3. The van der Waals surface area contributed by atoms with Crippen LogP contribution in [0.2, 0.25) is 15.1 Å². The molecule has 0 radical (unpaired) electrons. The lowest BCUT2D eigenvalue weighted by molar-refractivity contribution is -0.384. The van der Waals surface area contributed by atoms with Crippen LogP contribution in [0.15, 0.2) is 54.2 Å². The first-order chi connectivity index (χ1) is 16.3. The molecule has 0 atom stereocenters. The Kier molecular flexibility index (Phi) is 9.66.